The fraction of sp³-hybridized carbons (Fsp3) is 0.235. The lowest BCUT2D eigenvalue weighted by atomic mass is 10.1. The van der Waals surface area contributed by atoms with Crippen LogP contribution in [0.1, 0.15) is 22.8 Å². The van der Waals surface area contributed by atoms with Crippen LogP contribution in [0.15, 0.2) is 47.4 Å². The van der Waals surface area contributed by atoms with E-state index in [2.05, 4.69) is 0 Å². The molecule has 24 heavy (non-hydrogen) atoms. The zero-order chi connectivity index (χ0) is 17.7. The lowest BCUT2D eigenvalue weighted by Crippen LogP contribution is -2.30. The Kier molecular flexibility index (Phi) is 6.23. The van der Waals surface area contributed by atoms with E-state index in [1.807, 2.05) is 25.1 Å². The summed E-state index contributed by atoms with van der Waals surface area (Å²) in [5.41, 5.74) is 1.08. The van der Waals surface area contributed by atoms with Crippen LogP contribution < -0.4 is 0 Å². The Hall–Kier alpha value is -2.05. The van der Waals surface area contributed by atoms with Crippen LogP contribution in [0.25, 0.3) is 0 Å². The molecule has 0 aromatic heterocycles. The van der Waals surface area contributed by atoms with Gasteiger partial charge >= 0.3 is 0 Å². The average molecular weight is 365 g/mol. The highest BCUT2D eigenvalue weighted by Crippen LogP contribution is 2.29. The summed E-state index contributed by atoms with van der Waals surface area (Å²) in [5, 5.41) is 11.8. The van der Waals surface area contributed by atoms with Gasteiger partial charge in [-0.2, -0.15) is 0 Å². The number of benzene rings is 2. The third-order valence-corrected chi connectivity index (χ3v) is 4.76. The predicted molar refractivity (Wildman–Crippen MR) is 96.7 cm³/mol. The fourth-order valence-corrected chi connectivity index (χ4v) is 3.05. The minimum Gasteiger partial charge on any atom is -0.335 e. The van der Waals surface area contributed by atoms with Crippen molar-refractivity contribution in [3.63, 3.8) is 0 Å². The summed E-state index contributed by atoms with van der Waals surface area (Å²) >= 11 is 7.43. The Balaban J connectivity index is 2.30. The molecule has 0 atom stereocenters. The molecule has 1 amide bonds. The van der Waals surface area contributed by atoms with Crippen molar-refractivity contribution in [2.75, 3.05) is 12.8 Å². The number of nitro groups is 1. The number of thioether (sulfide) groups is 1. The first-order valence-electron chi connectivity index (χ1n) is 7.33. The number of nitrogens with zero attached hydrogens (tertiary/aromatic N) is 2. The number of rotatable bonds is 6. The lowest BCUT2D eigenvalue weighted by molar-refractivity contribution is -0.387. The van der Waals surface area contributed by atoms with Crippen LogP contribution in [0.4, 0.5) is 5.69 Å². The molecule has 0 fully saturated rings. The van der Waals surface area contributed by atoms with E-state index in [9.17, 15) is 14.9 Å². The van der Waals surface area contributed by atoms with E-state index in [-0.39, 0.29) is 11.6 Å². The molecule has 0 saturated carbocycles. The Labute approximate surface area is 149 Å². The molecular weight excluding hydrogens is 348 g/mol. The normalized spacial score (nSPS) is 10.5. The second-order valence-corrected chi connectivity index (χ2v) is 6.31. The van der Waals surface area contributed by atoms with Crippen LogP contribution in [0.5, 0.6) is 0 Å². The minimum absolute atomic E-state index is 0.0536. The average Bonchev–Trinajstić information content (AvgIpc) is 2.59. The Morgan fingerprint density at radius 2 is 2.00 bits per heavy atom. The number of carbonyl (C=O) groups is 1. The van der Waals surface area contributed by atoms with E-state index in [0.717, 1.165) is 5.56 Å². The molecule has 7 heteroatoms. The maximum Gasteiger partial charge on any atom is 0.283 e. The van der Waals surface area contributed by atoms with Gasteiger partial charge in [-0.25, -0.2) is 0 Å². The third kappa shape index (κ3) is 4.07. The lowest BCUT2D eigenvalue weighted by Gasteiger charge is -2.21. The van der Waals surface area contributed by atoms with E-state index in [4.69, 9.17) is 11.6 Å². The SMILES string of the molecule is CCN(Cc1ccccc1Cl)C(=O)c1ccc(SC)c([N+](=O)[O-])c1. The van der Waals surface area contributed by atoms with Gasteiger partial charge in [0, 0.05) is 29.7 Å². The van der Waals surface area contributed by atoms with Crippen molar-refractivity contribution < 1.29 is 9.72 Å². The highest BCUT2D eigenvalue weighted by atomic mass is 35.5. The van der Waals surface area contributed by atoms with Gasteiger partial charge in [-0.1, -0.05) is 29.8 Å². The first kappa shape index (κ1) is 18.3. The van der Waals surface area contributed by atoms with Gasteiger partial charge in [0.05, 0.1) is 9.82 Å². The highest BCUT2D eigenvalue weighted by molar-refractivity contribution is 7.98. The van der Waals surface area contributed by atoms with Crippen LogP contribution >= 0.6 is 23.4 Å². The van der Waals surface area contributed by atoms with Gasteiger partial charge in [0.2, 0.25) is 0 Å². The zero-order valence-electron chi connectivity index (χ0n) is 13.4. The van der Waals surface area contributed by atoms with Crippen molar-refractivity contribution >= 4 is 35.0 Å². The molecule has 0 aliphatic heterocycles. The zero-order valence-corrected chi connectivity index (χ0v) is 14.9. The quantitative estimate of drug-likeness (QED) is 0.426. The number of hydrogen-bond donors (Lipinski definition) is 0. The summed E-state index contributed by atoms with van der Waals surface area (Å²) in [4.78, 5) is 25.6. The van der Waals surface area contributed by atoms with Crippen molar-refractivity contribution in [3.05, 3.63) is 68.7 Å². The molecule has 0 heterocycles. The van der Waals surface area contributed by atoms with Crippen molar-refractivity contribution in [1.29, 1.82) is 0 Å². The number of nitro benzene ring substituents is 1. The summed E-state index contributed by atoms with van der Waals surface area (Å²) in [5.74, 6) is -0.256. The minimum atomic E-state index is -0.465. The molecule has 0 spiro atoms. The van der Waals surface area contributed by atoms with Crippen molar-refractivity contribution in [2.45, 2.75) is 18.4 Å². The van der Waals surface area contributed by atoms with Gasteiger partial charge in [-0.05, 0) is 36.9 Å². The fourth-order valence-electron chi connectivity index (χ4n) is 2.31. The molecule has 0 unspecified atom stereocenters. The van der Waals surface area contributed by atoms with Crippen molar-refractivity contribution in [2.24, 2.45) is 0 Å². The summed E-state index contributed by atoms with van der Waals surface area (Å²) in [6.45, 7) is 2.69. The third-order valence-electron chi connectivity index (χ3n) is 3.61. The van der Waals surface area contributed by atoms with Crippen molar-refractivity contribution in [3.8, 4) is 0 Å². The first-order chi connectivity index (χ1) is 11.5. The number of carbonyl (C=O) groups excluding carboxylic acids is 1. The van der Waals surface area contributed by atoms with Crippen molar-refractivity contribution in [1.82, 2.24) is 4.90 Å². The van der Waals surface area contributed by atoms with Gasteiger partial charge < -0.3 is 4.90 Å². The van der Waals surface area contributed by atoms with Crippen LogP contribution in [0.3, 0.4) is 0 Å². The summed E-state index contributed by atoms with van der Waals surface area (Å²) < 4.78 is 0. The van der Waals surface area contributed by atoms with E-state index >= 15 is 0 Å². The standard InChI is InChI=1S/C17H17ClN2O3S/c1-3-19(11-13-6-4-5-7-14(13)18)17(21)12-8-9-16(24-2)15(10-12)20(22)23/h4-10H,3,11H2,1-2H3. The largest absolute Gasteiger partial charge is 0.335 e. The van der Waals surface area contributed by atoms with Crippen LogP contribution in [0.2, 0.25) is 5.02 Å². The molecule has 0 N–H and O–H groups in total. The van der Waals surface area contributed by atoms with Gasteiger partial charge in [0.25, 0.3) is 11.6 Å². The Morgan fingerprint density at radius 3 is 2.58 bits per heavy atom. The molecule has 0 radical (unpaired) electrons. The highest BCUT2D eigenvalue weighted by Gasteiger charge is 2.20. The molecular formula is C17H17ClN2O3S. The molecule has 2 aromatic rings. The summed E-state index contributed by atoms with van der Waals surface area (Å²) in [6, 6.07) is 11.9. The molecule has 2 aromatic carbocycles. The molecule has 2 rings (SSSR count). The Morgan fingerprint density at radius 1 is 1.29 bits per heavy atom. The summed E-state index contributed by atoms with van der Waals surface area (Å²) in [7, 11) is 0. The van der Waals surface area contributed by atoms with E-state index in [1.54, 1.807) is 29.4 Å². The van der Waals surface area contributed by atoms with Crippen LogP contribution in [0, 0.1) is 10.1 Å². The molecule has 126 valence electrons. The van der Waals surface area contributed by atoms with Gasteiger partial charge in [-0.15, -0.1) is 11.8 Å². The second-order valence-electron chi connectivity index (χ2n) is 5.05. The number of amides is 1. The molecule has 0 saturated heterocycles. The van der Waals surface area contributed by atoms with E-state index in [1.165, 1.54) is 17.8 Å². The smallest absolute Gasteiger partial charge is 0.283 e. The first-order valence-corrected chi connectivity index (χ1v) is 8.93. The Bertz CT molecular complexity index is 767. The topological polar surface area (TPSA) is 63.5 Å². The van der Waals surface area contributed by atoms with Gasteiger partial charge in [-0.3, -0.25) is 14.9 Å². The summed E-state index contributed by atoms with van der Waals surface area (Å²) in [6.07, 6.45) is 1.76. The molecule has 0 aliphatic carbocycles. The maximum atomic E-state index is 12.7. The second kappa shape index (κ2) is 8.17. The molecule has 0 bridgehead atoms. The van der Waals surface area contributed by atoms with Gasteiger partial charge in [0.1, 0.15) is 0 Å². The van der Waals surface area contributed by atoms with Gasteiger partial charge in [0.15, 0.2) is 0 Å². The number of hydrogen-bond acceptors (Lipinski definition) is 4. The van der Waals surface area contributed by atoms with E-state index in [0.29, 0.717) is 28.6 Å². The molecule has 0 aliphatic rings. The predicted octanol–water partition coefficient (Wildman–Crippen LogP) is 4.63. The van der Waals surface area contributed by atoms with Crippen LogP contribution in [-0.2, 0) is 6.54 Å². The molecule has 5 nitrogen and oxygen atoms in total. The monoisotopic (exact) mass is 364 g/mol. The number of halogens is 1. The maximum absolute atomic E-state index is 12.7. The van der Waals surface area contributed by atoms with Crippen LogP contribution in [-0.4, -0.2) is 28.5 Å². The van der Waals surface area contributed by atoms with E-state index < -0.39 is 4.92 Å².